The van der Waals surface area contributed by atoms with Crippen molar-refractivity contribution >= 4 is 5.91 Å². The maximum atomic E-state index is 12.3. The van der Waals surface area contributed by atoms with Gasteiger partial charge in [-0.05, 0) is 18.6 Å². The number of amides is 1. The highest BCUT2D eigenvalue weighted by atomic mass is 16.5. The van der Waals surface area contributed by atoms with Gasteiger partial charge in [-0.15, -0.1) is 0 Å². The van der Waals surface area contributed by atoms with Gasteiger partial charge in [0, 0.05) is 37.6 Å². The summed E-state index contributed by atoms with van der Waals surface area (Å²) >= 11 is 0. The van der Waals surface area contributed by atoms with Crippen LogP contribution in [-0.4, -0.2) is 32.8 Å². The Bertz CT molecular complexity index is 887. The van der Waals surface area contributed by atoms with Crippen molar-refractivity contribution in [3.63, 3.8) is 0 Å². The van der Waals surface area contributed by atoms with Gasteiger partial charge in [-0.3, -0.25) is 4.79 Å². The zero-order valence-electron chi connectivity index (χ0n) is 23.4. The van der Waals surface area contributed by atoms with E-state index in [-0.39, 0.29) is 12.5 Å². The molecular weight excluding hydrogens is 464 g/mol. The number of hydrogen-bond donors (Lipinski definition) is 1. The summed E-state index contributed by atoms with van der Waals surface area (Å²) in [6.45, 7) is 6.62. The molecule has 0 aliphatic rings. The van der Waals surface area contributed by atoms with E-state index in [2.05, 4.69) is 36.0 Å². The van der Waals surface area contributed by atoms with Crippen LogP contribution in [-0.2, 0) is 17.8 Å². The normalized spacial score (nSPS) is 10.8. The van der Waals surface area contributed by atoms with E-state index in [0.29, 0.717) is 30.4 Å². The minimum Gasteiger partial charge on any atom is -0.493 e. The predicted octanol–water partition coefficient (Wildman–Crippen LogP) is 6.43. The van der Waals surface area contributed by atoms with Gasteiger partial charge in [-0.25, -0.2) is 4.57 Å². The van der Waals surface area contributed by atoms with Gasteiger partial charge in [0.15, 0.2) is 30.0 Å². The van der Waals surface area contributed by atoms with Crippen LogP contribution >= 0.6 is 0 Å². The molecule has 6 heteroatoms. The number of rotatable bonds is 21. The first-order valence-corrected chi connectivity index (χ1v) is 14.4. The van der Waals surface area contributed by atoms with Crippen molar-refractivity contribution in [2.45, 2.75) is 97.4 Å². The molecule has 0 saturated carbocycles. The van der Waals surface area contributed by atoms with Gasteiger partial charge in [0.1, 0.15) is 12.3 Å². The first kappa shape index (κ1) is 30.5. The zero-order chi connectivity index (χ0) is 26.6. The van der Waals surface area contributed by atoms with E-state index in [1.54, 1.807) is 13.2 Å². The largest absolute Gasteiger partial charge is 0.493 e. The van der Waals surface area contributed by atoms with Crippen molar-refractivity contribution in [1.29, 1.82) is 0 Å². The molecule has 0 fully saturated rings. The Balaban J connectivity index is 1.62. The van der Waals surface area contributed by atoms with Gasteiger partial charge in [-0.2, -0.15) is 0 Å². The number of pyridine rings is 1. The lowest BCUT2D eigenvalue weighted by molar-refractivity contribution is -0.704. The van der Waals surface area contributed by atoms with Crippen LogP contribution in [0.4, 0.5) is 0 Å². The Hall–Kier alpha value is -2.76. The van der Waals surface area contributed by atoms with Crippen LogP contribution in [0.25, 0.3) is 0 Å². The molecule has 0 saturated heterocycles. The number of carbonyl (C=O) groups excluding carboxylic acids is 1. The molecule has 0 spiro atoms. The first-order chi connectivity index (χ1) is 18.2. The third-order valence-electron chi connectivity index (χ3n) is 6.46. The quantitative estimate of drug-likeness (QED) is 0.154. The lowest BCUT2D eigenvalue weighted by Gasteiger charge is -2.13. The number of nitrogens with one attached hydrogen (secondary N) is 1. The molecule has 1 amide bonds. The lowest BCUT2D eigenvalue weighted by atomic mass is 10.1. The van der Waals surface area contributed by atoms with E-state index in [1.165, 1.54) is 63.5 Å². The Morgan fingerprint density at radius 1 is 0.838 bits per heavy atom. The summed E-state index contributed by atoms with van der Waals surface area (Å²) in [5, 5.41) is 2.94. The molecule has 0 aliphatic carbocycles. The van der Waals surface area contributed by atoms with Crippen molar-refractivity contribution < 1.29 is 23.6 Å². The van der Waals surface area contributed by atoms with Crippen LogP contribution < -0.4 is 24.1 Å². The maximum Gasteiger partial charge on any atom is 0.257 e. The molecule has 0 aliphatic heterocycles. The first-order valence-electron chi connectivity index (χ1n) is 14.4. The second kappa shape index (κ2) is 19.4. The van der Waals surface area contributed by atoms with Gasteiger partial charge >= 0.3 is 0 Å². The van der Waals surface area contributed by atoms with E-state index >= 15 is 0 Å². The number of aromatic nitrogens is 1. The Kier molecular flexibility index (Phi) is 15.9. The third-order valence-corrected chi connectivity index (χ3v) is 6.46. The molecule has 0 unspecified atom stereocenters. The molecule has 2 aromatic rings. The molecule has 0 radical (unpaired) electrons. The van der Waals surface area contributed by atoms with Crippen molar-refractivity contribution in [3.05, 3.63) is 48.3 Å². The van der Waals surface area contributed by atoms with E-state index in [0.717, 1.165) is 25.8 Å². The van der Waals surface area contributed by atoms with E-state index in [9.17, 15) is 4.79 Å². The molecule has 1 aromatic carbocycles. The summed E-state index contributed by atoms with van der Waals surface area (Å²) < 4.78 is 19.3. The van der Waals surface area contributed by atoms with Crippen LogP contribution in [0.1, 0.15) is 90.2 Å². The number of carbonyl (C=O) groups is 1. The van der Waals surface area contributed by atoms with E-state index in [1.807, 2.05) is 24.3 Å². The molecule has 1 N–H and O–H groups in total. The Labute approximate surface area is 224 Å². The number of methoxy groups -OCH3 is 1. The average Bonchev–Trinajstić information content (AvgIpc) is 2.92. The summed E-state index contributed by atoms with van der Waals surface area (Å²) in [5.41, 5.74) is 1.21. The lowest BCUT2D eigenvalue weighted by Crippen LogP contribution is -2.40. The monoisotopic (exact) mass is 513 g/mol. The van der Waals surface area contributed by atoms with Gasteiger partial charge in [0.25, 0.3) is 5.91 Å². The average molecular weight is 514 g/mol. The molecule has 6 nitrogen and oxygen atoms in total. The van der Waals surface area contributed by atoms with E-state index in [4.69, 9.17) is 14.2 Å². The molecule has 2 rings (SSSR count). The molecule has 1 aromatic heterocycles. The fraction of sp³-hybridized carbons (Fsp3) is 0.613. The van der Waals surface area contributed by atoms with Crippen LogP contribution in [0.5, 0.6) is 17.2 Å². The number of benzene rings is 1. The standard InChI is InChI=1S/C31H48N2O4/c1-4-6-7-8-9-10-11-12-13-16-24-36-29-19-18-28(25-30(29)35-3)37-26-31(34)32-21-20-27-17-14-15-23-33(27)22-5-2/h14-15,17-19,23,25H,4-13,16,20-22,24,26H2,1-3H3/p+1. The molecule has 0 bridgehead atoms. The number of ether oxygens (including phenoxy) is 3. The smallest absolute Gasteiger partial charge is 0.257 e. The fourth-order valence-electron chi connectivity index (χ4n) is 4.36. The second-order valence-electron chi connectivity index (χ2n) is 9.62. The minimum absolute atomic E-state index is 0.0360. The third kappa shape index (κ3) is 12.9. The maximum absolute atomic E-state index is 12.3. The molecule has 206 valence electrons. The number of unbranched alkanes of at least 4 members (excludes halogenated alkanes) is 9. The fourth-order valence-corrected chi connectivity index (χ4v) is 4.36. The summed E-state index contributed by atoms with van der Waals surface area (Å²) in [5.74, 6) is 1.77. The van der Waals surface area contributed by atoms with Crippen LogP contribution in [0, 0.1) is 0 Å². The van der Waals surface area contributed by atoms with Crippen molar-refractivity contribution in [3.8, 4) is 17.2 Å². The number of nitrogens with zero attached hydrogens (tertiary/aromatic N) is 1. The summed E-state index contributed by atoms with van der Waals surface area (Å²) in [6, 6.07) is 11.6. The topological polar surface area (TPSA) is 60.7 Å². The number of hydrogen-bond acceptors (Lipinski definition) is 4. The minimum atomic E-state index is -0.141. The van der Waals surface area contributed by atoms with Crippen molar-refractivity contribution in [2.75, 3.05) is 26.9 Å². The molecule has 37 heavy (non-hydrogen) atoms. The van der Waals surface area contributed by atoms with Gasteiger partial charge < -0.3 is 19.5 Å². The van der Waals surface area contributed by atoms with Crippen LogP contribution in [0.2, 0.25) is 0 Å². The predicted molar refractivity (Wildman–Crippen MR) is 149 cm³/mol. The highest BCUT2D eigenvalue weighted by Crippen LogP contribution is 2.31. The Morgan fingerprint density at radius 3 is 2.27 bits per heavy atom. The summed E-state index contributed by atoms with van der Waals surface area (Å²) in [6.07, 6.45) is 16.9. The van der Waals surface area contributed by atoms with Gasteiger partial charge in [-0.1, -0.05) is 77.7 Å². The molecule has 1 heterocycles. The van der Waals surface area contributed by atoms with Gasteiger partial charge in [0.2, 0.25) is 0 Å². The summed E-state index contributed by atoms with van der Waals surface area (Å²) in [7, 11) is 1.62. The highest BCUT2D eigenvalue weighted by Gasteiger charge is 2.11. The highest BCUT2D eigenvalue weighted by molar-refractivity contribution is 5.77. The van der Waals surface area contributed by atoms with Gasteiger partial charge in [0.05, 0.1) is 13.7 Å². The SMILES string of the molecule is CCCCCCCCCCCCOc1ccc(OCC(=O)NCCc2cccc[n+]2CCC)cc1OC. The zero-order valence-corrected chi connectivity index (χ0v) is 23.4. The van der Waals surface area contributed by atoms with E-state index < -0.39 is 0 Å². The second-order valence-corrected chi connectivity index (χ2v) is 9.62. The van der Waals surface area contributed by atoms with Crippen LogP contribution in [0.3, 0.4) is 0 Å². The number of aryl methyl sites for hydroxylation is 1. The molecule has 0 atom stereocenters. The van der Waals surface area contributed by atoms with Crippen molar-refractivity contribution in [1.82, 2.24) is 5.32 Å². The summed E-state index contributed by atoms with van der Waals surface area (Å²) in [4.78, 5) is 12.3. The molecular formula is C31H49N2O4+. The Morgan fingerprint density at radius 2 is 1.57 bits per heavy atom. The van der Waals surface area contributed by atoms with Crippen LogP contribution in [0.15, 0.2) is 42.6 Å². The van der Waals surface area contributed by atoms with Crippen molar-refractivity contribution in [2.24, 2.45) is 0 Å².